The number of ether oxygens (including phenoxy) is 2. The molecule has 2 aliphatic rings. The summed E-state index contributed by atoms with van der Waals surface area (Å²) in [4.78, 5) is 0. The lowest BCUT2D eigenvalue weighted by atomic mass is 9.85. The molecule has 22 N–H and O–H groups in total. The Morgan fingerprint density at radius 1 is 0.489 bits per heavy atom. The van der Waals surface area contributed by atoms with Crippen molar-refractivity contribution in [1.29, 1.82) is 0 Å². The van der Waals surface area contributed by atoms with E-state index in [1.807, 2.05) is 6.08 Å². The van der Waals surface area contributed by atoms with E-state index in [0.29, 0.717) is 44.9 Å². The van der Waals surface area contributed by atoms with Crippen molar-refractivity contribution >= 4 is 0 Å². The van der Waals surface area contributed by atoms with Gasteiger partial charge in [-0.05, 0) is 139 Å². The van der Waals surface area contributed by atoms with Crippen LogP contribution in [0.5, 0.6) is 0 Å². The Hall–Kier alpha value is -2.26. The molecule has 0 amide bonds. The van der Waals surface area contributed by atoms with Crippen LogP contribution < -0.4 is 0 Å². The van der Waals surface area contributed by atoms with Gasteiger partial charge in [0.25, 0.3) is 0 Å². The molecule has 0 bridgehead atoms. The Balaban J connectivity index is 1.79. The zero-order valence-corrected chi connectivity index (χ0v) is 54.9. The minimum absolute atomic E-state index is 0.0240. The minimum Gasteiger partial charge on any atom is -0.394 e. The van der Waals surface area contributed by atoms with Crippen molar-refractivity contribution in [2.75, 3.05) is 6.61 Å². The summed E-state index contributed by atoms with van der Waals surface area (Å²) >= 11 is 0. The molecule has 92 heavy (non-hydrogen) atoms. The molecule has 540 valence electrons. The average Bonchev–Trinajstić information content (AvgIpc) is 0.819. The molecule has 24 nitrogen and oxygen atoms in total. The lowest BCUT2D eigenvalue weighted by Crippen LogP contribution is -2.61. The van der Waals surface area contributed by atoms with Crippen molar-refractivity contribution in [1.82, 2.24) is 0 Å². The van der Waals surface area contributed by atoms with Crippen molar-refractivity contribution < 1.29 is 122 Å². The van der Waals surface area contributed by atoms with E-state index in [1.165, 1.54) is 6.08 Å². The summed E-state index contributed by atoms with van der Waals surface area (Å²) in [5, 5.41) is 235. The quantitative estimate of drug-likeness (QED) is 0.0225. The number of hydrogen-bond acceptors (Lipinski definition) is 24. The molecule has 2 fully saturated rings. The summed E-state index contributed by atoms with van der Waals surface area (Å²) < 4.78 is 11.6. The van der Waals surface area contributed by atoms with Crippen LogP contribution in [0, 0.1) is 17.8 Å². The lowest BCUT2D eigenvalue weighted by molar-refractivity contribution is -0.250. The van der Waals surface area contributed by atoms with Crippen molar-refractivity contribution in [2.24, 2.45) is 17.8 Å². The fourth-order valence-electron chi connectivity index (χ4n) is 12.2. The Bertz CT molecular complexity index is 2000. The van der Waals surface area contributed by atoms with Gasteiger partial charge in [-0.2, -0.15) is 0 Å². The highest BCUT2D eigenvalue weighted by Crippen LogP contribution is 2.33. The van der Waals surface area contributed by atoms with E-state index in [4.69, 9.17) is 14.6 Å². The second kappa shape index (κ2) is 46.9. The molecule has 0 spiro atoms. The molecule has 28 atom stereocenters. The smallest absolute Gasteiger partial charge is 0.115 e. The molecule has 0 aliphatic carbocycles. The van der Waals surface area contributed by atoms with Crippen LogP contribution in [-0.2, 0) is 9.47 Å². The second-order valence-electron chi connectivity index (χ2n) is 26.7. The number of aliphatic hydroxyl groups excluding tert-OH is 22. The van der Waals surface area contributed by atoms with Gasteiger partial charge in [-0.15, -0.1) is 0 Å². The Morgan fingerprint density at radius 2 is 1.05 bits per heavy atom. The highest BCUT2D eigenvalue weighted by molar-refractivity contribution is 5.09. The third-order valence-electron chi connectivity index (χ3n) is 18.6. The van der Waals surface area contributed by atoms with Gasteiger partial charge in [-0.3, -0.25) is 0 Å². The first-order chi connectivity index (χ1) is 43.5. The van der Waals surface area contributed by atoms with Crippen molar-refractivity contribution in [3.63, 3.8) is 0 Å². The zero-order chi connectivity index (χ0) is 69.2. The minimum atomic E-state index is -1.87. The first kappa shape index (κ1) is 85.8. The first-order valence-electron chi connectivity index (χ1n) is 34.0. The van der Waals surface area contributed by atoms with E-state index >= 15 is 0 Å². The van der Waals surface area contributed by atoms with E-state index in [2.05, 4.69) is 19.2 Å². The Labute approximate surface area is 545 Å². The maximum absolute atomic E-state index is 11.2. The van der Waals surface area contributed by atoms with E-state index in [9.17, 15) is 107 Å². The fraction of sp³-hybridized carbons (Fsp3) is 0.853. The third-order valence-corrected chi connectivity index (χ3v) is 18.6. The zero-order valence-electron chi connectivity index (χ0n) is 54.9. The second-order valence-corrected chi connectivity index (χ2v) is 26.7. The van der Waals surface area contributed by atoms with Gasteiger partial charge in [0.15, 0.2) is 0 Å². The number of aliphatic hydroxyl groups is 22. The van der Waals surface area contributed by atoms with Crippen molar-refractivity contribution in [2.45, 2.75) is 340 Å². The number of rotatable bonds is 51. The molecule has 2 heterocycles. The van der Waals surface area contributed by atoms with Gasteiger partial charge >= 0.3 is 0 Å². The molecule has 0 aromatic heterocycles. The van der Waals surface area contributed by atoms with E-state index < -0.39 is 177 Å². The predicted molar refractivity (Wildman–Crippen MR) is 345 cm³/mol. The number of allylic oxidation sites excluding steroid dienone is 4. The van der Waals surface area contributed by atoms with Crippen LogP contribution in [0.4, 0.5) is 0 Å². The van der Waals surface area contributed by atoms with Gasteiger partial charge in [0, 0.05) is 12.8 Å². The third kappa shape index (κ3) is 31.5. The van der Waals surface area contributed by atoms with Crippen LogP contribution in [0.3, 0.4) is 0 Å². The Morgan fingerprint density at radius 3 is 1.68 bits per heavy atom. The molecule has 0 radical (unpaired) electrons. The first-order valence-corrected chi connectivity index (χ1v) is 34.0. The molecule has 24 heteroatoms. The van der Waals surface area contributed by atoms with Gasteiger partial charge in [-0.25, -0.2) is 0 Å². The van der Waals surface area contributed by atoms with E-state index in [1.54, 1.807) is 45.1 Å². The highest BCUT2D eigenvalue weighted by atomic mass is 16.6. The van der Waals surface area contributed by atoms with Crippen LogP contribution in [0.2, 0.25) is 0 Å². The summed E-state index contributed by atoms with van der Waals surface area (Å²) in [6.45, 7) is 12.0. The van der Waals surface area contributed by atoms with Gasteiger partial charge in [0.2, 0.25) is 0 Å². The van der Waals surface area contributed by atoms with Gasteiger partial charge in [-0.1, -0.05) is 115 Å². The normalized spacial score (nSPS) is 28.1. The predicted octanol–water partition coefficient (Wildman–Crippen LogP) is 0.554. The summed E-state index contributed by atoms with van der Waals surface area (Å²) in [5.74, 6) is -1.78. The summed E-state index contributed by atoms with van der Waals surface area (Å²) in [6, 6.07) is 0. The van der Waals surface area contributed by atoms with Gasteiger partial charge < -0.3 is 122 Å². The van der Waals surface area contributed by atoms with Gasteiger partial charge in [0.1, 0.15) is 67.1 Å². The van der Waals surface area contributed by atoms with Crippen LogP contribution in [-0.4, -0.2) is 272 Å². The summed E-state index contributed by atoms with van der Waals surface area (Å²) in [6.07, 6.45) is -12.2. The van der Waals surface area contributed by atoms with Gasteiger partial charge in [0.05, 0.1) is 92.1 Å². The van der Waals surface area contributed by atoms with Crippen molar-refractivity contribution in [3.05, 3.63) is 61.3 Å². The van der Waals surface area contributed by atoms with E-state index in [0.717, 1.165) is 51.4 Å². The molecular formula is C68H124O24. The topological polar surface area (TPSA) is 464 Å². The molecule has 2 aliphatic heterocycles. The molecule has 0 saturated carbocycles. The van der Waals surface area contributed by atoms with Crippen molar-refractivity contribution in [3.8, 4) is 0 Å². The van der Waals surface area contributed by atoms with E-state index in [-0.39, 0.29) is 76.4 Å². The van der Waals surface area contributed by atoms with Crippen LogP contribution >= 0.6 is 0 Å². The van der Waals surface area contributed by atoms with Crippen LogP contribution in [0.25, 0.3) is 0 Å². The lowest BCUT2D eigenvalue weighted by Gasteiger charge is -2.43. The molecule has 0 aromatic rings. The van der Waals surface area contributed by atoms with Crippen LogP contribution in [0.15, 0.2) is 61.3 Å². The number of hydrogen-bond donors (Lipinski definition) is 22. The Kier molecular flexibility index (Phi) is 43.7. The fourth-order valence-corrected chi connectivity index (χ4v) is 12.2. The standard InChI is InChI=1S/C68H124O24/c1-6-7-8-9-10-11-12-13-14-15-16-17-18-30-49(75)61(85)68-62(86)53(79)38-54(92-68)63(87)59(83)42(4)33-35-51(77)67-66(90)65(89)64(88)55(91-67)37-52(78)56(80)40(2)23-19-31-48(74)60(84)58(82)41(3)32-34-50(76)57(81)43(5)36-46(72)28-21-26-44(70)24-20-25-45(71)27-22-29-47(73)39-69/h6-8,18,22,27,30,40-41,43-90H,1,4,9-17,19-21,23-26,28-29,31-39H2,2-3,5H3/b8-7-,27-22-,30-18-/t40-,41-,43-,44-,45-,46-,47+,48+,49+,50+,51-,52-,53-,54-,55+,56+,57-,58-,59+,60+,61-,62+,63-,64+,65-,66+,67-,68-/m1/s1. The molecule has 2 rings (SSSR count). The molecular weight excluding hydrogens is 1200 g/mol. The number of unbranched alkanes of at least 4 members (excludes halogenated alkanes) is 8. The SMILES string of the molecule is C=C/C=C\CCCCCCCCC/C=C\[C@H](O)[C@@H](O)[C@H]1O[C@@H]([C@@H](O)[C@@H](O)C(=C)CC[C@@H](O)[C@H]2O[C@@H](C[C@@H](O)[C@@H](O)[C@H](C)CCC[C@H](O)[C@H](O)[C@H](O)[C@H](C)CC[C@H](O)[C@H](O)[C@H](C)C[C@H](O)CCC[C@H](O)CCC[C@@H](O)/C=C\C[C@H](O)CO)[C@H](O)[C@@H](O)[C@@H]2O)C[C@@H](O)[C@@H]1O. The highest BCUT2D eigenvalue weighted by Gasteiger charge is 2.49. The summed E-state index contributed by atoms with van der Waals surface area (Å²) in [7, 11) is 0. The molecule has 2 saturated heterocycles. The monoisotopic (exact) mass is 1320 g/mol. The maximum Gasteiger partial charge on any atom is 0.115 e. The summed E-state index contributed by atoms with van der Waals surface area (Å²) in [5.41, 5.74) is -0.0407. The van der Waals surface area contributed by atoms with Crippen LogP contribution in [0.1, 0.15) is 188 Å². The average molecular weight is 1330 g/mol. The largest absolute Gasteiger partial charge is 0.394 e. The maximum atomic E-state index is 11.2. The molecule has 0 unspecified atom stereocenters. The molecule has 0 aromatic carbocycles.